The molecule has 3 fully saturated rings. The number of Topliss-reactive ketones (excluding diaryl/α,β-unsaturated/α-hetero) is 1. The first-order chi connectivity index (χ1) is 20.1. The van der Waals surface area contributed by atoms with E-state index in [1.807, 2.05) is 0 Å². The number of ketones is 1. The zero-order valence-electron chi connectivity index (χ0n) is 26.0. The van der Waals surface area contributed by atoms with Crippen LogP contribution in [0.15, 0.2) is 17.7 Å². The molecule has 3 saturated carbocycles. The van der Waals surface area contributed by atoms with Gasteiger partial charge in [-0.3, -0.25) is 14.5 Å². The summed E-state index contributed by atoms with van der Waals surface area (Å²) in [5, 5.41) is 0. The average molecular weight is 578 g/mol. The van der Waals surface area contributed by atoms with Gasteiger partial charge in [0.1, 0.15) is 11.9 Å². The third-order valence-electron chi connectivity index (χ3n) is 12.7. The molecular weight excluding hydrogens is 530 g/mol. The number of methoxy groups -OCH3 is 1. The highest BCUT2D eigenvalue weighted by Gasteiger charge is 2.60. The minimum absolute atomic E-state index is 0.0174. The van der Waals surface area contributed by atoms with Crippen molar-refractivity contribution in [3.63, 3.8) is 0 Å². The van der Waals surface area contributed by atoms with Crippen molar-refractivity contribution < 1.29 is 28.5 Å². The molecule has 0 radical (unpaired) electrons. The Kier molecular flexibility index (Phi) is 6.91. The number of rotatable bonds is 5. The van der Waals surface area contributed by atoms with Crippen molar-refractivity contribution in [3.05, 3.63) is 28.8 Å². The molecule has 4 aliphatic carbocycles. The largest absolute Gasteiger partial charge is 0.492 e. The summed E-state index contributed by atoms with van der Waals surface area (Å²) >= 11 is 0. The number of esters is 1. The molecule has 0 N–H and O–H groups in total. The van der Waals surface area contributed by atoms with Gasteiger partial charge >= 0.3 is 5.97 Å². The molecule has 7 heteroatoms. The quantitative estimate of drug-likeness (QED) is 0.295. The topological polar surface area (TPSA) is 74.3 Å². The van der Waals surface area contributed by atoms with Crippen molar-refractivity contribution in [1.82, 2.24) is 4.90 Å². The van der Waals surface area contributed by atoms with Gasteiger partial charge in [0.15, 0.2) is 11.5 Å². The summed E-state index contributed by atoms with van der Waals surface area (Å²) in [7, 11) is 3.83. The number of allylic oxidation sites excluding steroid dienone is 1. The standard InChI is InChI=1S/C35H47NO6/c1-20(37)42-23-10-13-34(2)22(17-23)6-7-24-25-8-9-27(35(25,3)14-11-26(24)34)29(38)18-28-31-21(12-15-36(28)4)16-30-32(33(31)39-5)41-19-40-30/h6,16,23-28H,7-15,17-19H2,1-5H3/t23-,24+,25+,26+,27-,28+,34+,35+/m1/s1. The lowest BCUT2D eigenvalue weighted by atomic mass is 9.47. The monoisotopic (exact) mass is 577 g/mol. The van der Waals surface area contributed by atoms with E-state index in [-0.39, 0.29) is 41.7 Å². The average Bonchev–Trinajstić information content (AvgIpc) is 3.57. The Morgan fingerprint density at radius 2 is 1.93 bits per heavy atom. The van der Waals surface area contributed by atoms with Crippen LogP contribution in [0.25, 0.3) is 0 Å². The molecule has 42 heavy (non-hydrogen) atoms. The highest BCUT2D eigenvalue weighted by molar-refractivity contribution is 5.83. The van der Waals surface area contributed by atoms with E-state index in [0.29, 0.717) is 35.7 Å². The molecule has 8 atom stereocenters. The van der Waals surface area contributed by atoms with Crippen molar-refractivity contribution in [2.75, 3.05) is 27.5 Å². The van der Waals surface area contributed by atoms with Crippen LogP contribution in [0.4, 0.5) is 0 Å². The minimum atomic E-state index is -0.166. The molecule has 1 aromatic carbocycles. The molecule has 0 unspecified atom stereocenters. The zero-order chi connectivity index (χ0) is 29.4. The third kappa shape index (κ3) is 4.23. The van der Waals surface area contributed by atoms with E-state index in [1.165, 1.54) is 24.5 Å². The first kappa shape index (κ1) is 28.2. The lowest BCUT2D eigenvalue weighted by Crippen LogP contribution is -2.51. The summed E-state index contributed by atoms with van der Waals surface area (Å²) in [6.45, 7) is 7.57. The van der Waals surface area contributed by atoms with Crippen LogP contribution < -0.4 is 14.2 Å². The highest BCUT2D eigenvalue weighted by atomic mass is 16.7. The summed E-state index contributed by atoms with van der Waals surface area (Å²) in [4.78, 5) is 28.3. The van der Waals surface area contributed by atoms with E-state index < -0.39 is 0 Å². The molecule has 2 aliphatic heterocycles. The fraction of sp³-hybridized carbons (Fsp3) is 0.714. The van der Waals surface area contributed by atoms with Gasteiger partial charge in [-0.15, -0.1) is 0 Å². The molecule has 6 aliphatic rings. The van der Waals surface area contributed by atoms with Crippen LogP contribution in [0.1, 0.15) is 95.7 Å². The maximum Gasteiger partial charge on any atom is 0.302 e. The molecule has 2 heterocycles. The Morgan fingerprint density at radius 1 is 1.10 bits per heavy atom. The van der Waals surface area contributed by atoms with Gasteiger partial charge in [0.2, 0.25) is 12.5 Å². The van der Waals surface area contributed by atoms with Crippen molar-refractivity contribution in [1.29, 1.82) is 0 Å². The number of ether oxygens (including phenoxy) is 4. The van der Waals surface area contributed by atoms with Gasteiger partial charge < -0.3 is 18.9 Å². The summed E-state index contributed by atoms with van der Waals surface area (Å²) < 4.78 is 23.0. The Morgan fingerprint density at radius 3 is 2.71 bits per heavy atom. The van der Waals surface area contributed by atoms with E-state index in [4.69, 9.17) is 18.9 Å². The van der Waals surface area contributed by atoms with Crippen LogP contribution in [-0.4, -0.2) is 50.3 Å². The maximum atomic E-state index is 14.4. The fourth-order valence-corrected chi connectivity index (χ4v) is 10.6. The normalized spacial score (nSPS) is 38.5. The first-order valence-corrected chi connectivity index (χ1v) is 16.2. The van der Waals surface area contributed by atoms with Crippen LogP contribution >= 0.6 is 0 Å². The second-order valence-electron chi connectivity index (χ2n) is 14.5. The molecule has 0 bridgehead atoms. The van der Waals surface area contributed by atoms with Crippen molar-refractivity contribution in [2.24, 2.45) is 34.5 Å². The van der Waals surface area contributed by atoms with Crippen LogP contribution in [0.2, 0.25) is 0 Å². The van der Waals surface area contributed by atoms with Crippen molar-refractivity contribution in [3.8, 4) is 17.2 Å². The number of carbonyl (C=O) groups is 2. The number of hydrogen-bond acceptors (Lipinski definition) is 7. The van der Waals surface area contributed by atoms with E-state index in [1.54, 1.807) is 7.11 Å². The Balaban J connectivity index is 1.11. The third-order valence-corrected chi connectivity index (χ3v) is 12.7. The summed E-state index contributed by atoms with van der Waals surface area (Å²) in [5.74, 6) is 4.42. The fourth-order valence-electron chi connectivity index (χ4n) is 10.6. The number of carbonyl (C=O) groups excluding carboxylic acids is 2. The second kappa shape index (κ2) is 10.3. The highest BCUT2D eigenvalue weighted by Crippen LogP contribution is 2.66. The van der Waals surface area contributed by atoms with Gasteiger partial charge in [0.05, 0.1) is 7.11 Å². The van der Waals surface area contributed by atoms with E-state index in [2.05, 4.69) is 37.9 Å². The van der Waals surface area contributed by atoms with Crippen LogP contribution in [-0.2, 0) is 20.7 Å². The van der Waals surface area contributed by atoms with Gasteiger partial charge in [-0.25, -0.2) is 0 Å². The Bertz CT molecular complexity index is 1320. The summed E-state index contributed by atoms with van der Waals surface area (Å²) in [6.07, 6.45) is 12.5. The zero-order valence-corrected chi connectivity index (χ0v) is 26.0. The molecule has 0 saturated heterocycles. The number of likely N-dealkylation sites (N-methyl/N-ethyl adjacent to an activating group) is 1. The van der Waals surface area contributed by atoms with Gasteiger partial charge in [0.25, 0.3) is 0 Å². The van der Waals surface area contributed by atoms with Crippen LogP contribution in [0.5, 0.6) is 17.2 Å². The molecule has 7 nitrogen and oxygen atoms in total. The van der Waals surface area contributed by atoms with E-state index in [9.17, 15) is 9.59 Å². The van der Waals surface area contributed by atoms with E-state index >= 15 is 0 Å². The molecule has 1 aromatic rings. The summed E-state index contributed by atoms with van der Waals surface area (Å²) in [5.41, 5.74) is 4.09. The Hall–Kier alpha value is -2.54. The maximum absolute atomic E-state index is 14.4. The minimum Gasteiger partial charge on any atom is -0.492 e. The lowest BCUT2D eigenvalue weighted by molar-refractivity contribution is -0.149. The van der Waals surface area contributed by atoms with E-state index in [0.717, 1.165) is 75.0 Å². The number of fused-ring (bicyclic) bond motifs is 7. The van der Waals surface area contributed by atoms with Gasteiger partial charge in [0, 0.05) is 43.8 Å². The SMILES string of the molecule is COc1c2c(cc3c1[C@H](CC(=O)[C@H]1CC[C@H]4[C@@H]5CC=C6C[C@H](OC(C)=O)CC[C@]6(C)[C@H]5CC[C@]14C)N(C)CC3)OCO2. The first-order valence-electron chi connectivity index (χ1n) is 16.2. The van der Waals surface area contributed by atoms with Gasteiger partial charge in [-0.2, -0.15) is 0 Å². The molecule has 0 spiro atoms. The smallest absolute Gasteiger partial charge is 0.302 e. The predicted molar refractivity (Wildman–Crippen MR) is 159 cm³/mol. The summed E-state index contributed by atoms with van der Waals surface area (Å²) in [6, 6.07) is 2.08. The molecule has 228 valence electrons. The van der Waals surface area contributed by atoms with Crippen molar-refractivity contribution >= 4 is 11.8 Å². The number of nitrogens with zero attached hydrogens (tertiary/aromatic N) is 1. The Labute approximate surface area is 250 Å². The van der Waals surface area contributed by atoms with Crippen molar-refractivity contribution in [2.45, 2.75) is 97.1 Å². The lowest BCUT2D eigenvalue weighted by Gasteiger charge is -2.58. The number of hydrogen-bond donors (Lipinski definition) is 0. The van der Waals surface area contributed by atoms with Crippen LogP contribution in [0, 0.1) is 34.5 Å². The van der Waals surface area contributed by atoms with Gasteiger partial charge in [-0.1, -0.05) is 25.5 Å². The second-order valence-corrected chi connectivity index (χ2v) is 14.5. The van der Waals surface area contributed by atoms with Gasteiger partial charge in [-0.05, 0) is 98.6 Å². The molecule has 0 amide bonds. The predicted octanol–water partition coefficient (Wildman–Crippen LogP) is 6.42. The molecular formula is C35H47NO6. The number of benzene rings is 1. The molecule has 7 rings (SSSR count). The van der Waals surface area contributed by atoms with Crippen LogP contribution in [0.3, 0.4) is 0 Å². The molecule has 0 aromatic heterocycles.